The van der Waals surface area contributed by atoms with Crippen molar-refractivity contribution in [2.45, 2.75) is 0 Å². The van der Waals surface area contributed by atoms with Gasteiger partial charge in [-0.1, -0.05) is 109 Å². The second kappa shape index (κ2) is 19.7. The first-order valence-corrected chi connectivity index (χ1v) is 14.7. The number of hydrogen-bond donors (Lipinski definition) is 0. The molecule has 0 heterocycles. The van der Waals surface area contributed by atoms with Crippen LogP contribution in [0.4, 0.5) is 17.1 Å². The molecule has 243 valence electrons. The normalized spacial score (nSPS) is 9.61. The zero-order chi connectivity index (χ0) is 34.1. The summed E-state index contributed by atoms with van der Waals surface area (Å²) in [6, 6.07) is 50.8. The third-order valence-corrected chi connectivity index (χ3v) is 6.59. The quantitative estimate of drug-likeness (QED) is 0.161. The van der Waals surface area contributed by atoms with Gasteiger partial charge < -0.3 is 30.8 Å². The van der Waals surface area contributed by atoms with E-state index in [1.54, 1.807) is 182 Å². The van der Waals surface area contributed by atoms with Gasteiger partial charge in [0, 0.05) is 33.8 Å². The standard InChI is InChI=1S/3C13H10NO2.Cr/c3*15-13(11-7-3-1-4-8-11)14(16)12-9-5-2-6-10-12;/h3*1-10H;/q3*-1;+3. The summed E-state index contributed by atoms with van der Waals surface area (Å²) in [7, 11) is 0. The van der Waals surface area contributed by atoms with Crippen LogP contribution < -0.4 is 15.2 Å². The van der Waals surface area contributed by atoms with Crippen LogP contribution in [0.15, 0.2) is 182 Å². The van der Waals surface area contributed by atoms with Crippen molar-refractivity contribution < 1.29 is 31.7 Å². The van der Waals surface area contributed by atoms with Gasteiger partial charge in [0.25, 0.3) is 0 Å². The van der Waals surface area contributed by atoms with E-state index in [-0.39, 0.29) is 17.4 Å². The number of carbonyl (C=O) groups excluding carboxylic acids is 3. The van der Waals surface area contributed by atoms with Gasteiger partial charge >= 0.3 is 17.4 Å². The molecule has 49 heavy (non-hydrogen) atoms. The number of para-hydroxylation sites is 3. The molecule has 0 unspecified atom stereocenters. The van der Waals surface area contributed by atoms with Gasteiger partial charge in [-0.15, -0.1) is 0 Å². The van der Waals surface area contributed by atoms with Crippen molar-refractivity contribution >= 4 is 34.8 Å². The molecule has 0 spiro atoms. The summed E-state index contributed by atoms with van der Waals surface area (Å²) in [6.45, 7) is 0. The van der Waals surface area contributed by atoms with E-state index in [9.17, 15) is 30.0 Å². The number of benzene rings is 6. The van der Waals surface area contributed by atoms with E-state index in [1.165, 1.54) is 0 Å². The van der Waals surface area contributed by atoms with E-state index in [2.05, 4.69) is 0 Å². The van der Waals surface area contributed by atoms with Crippen molar-refractivity contribution in [3.8, 4) is 0 Å². The molecule has 0 aliphatic carbocycles. The zero-order valence-corrected chi connectivity index (χ0v) is 27.3. The largest absolute Gasteiger partial charge is 3.00 e. The van der Waals surface area contributed by atoms with Gasteiger partial charge in [-0.05, 0) is 72.8 Å². The van der Waals surface area contributed by atoms with Crippen molar-refractivity contribution in [3.05, 3.63) is 214 Å². The minimum Gasteiger partial charge on any atom is -0.751 e. The first-order valence-electron chi connectivity index (χ1n) is 14.7. The van der Waals surface area contributed by atoms with Gasteiger partial charge in [0.1, 0.15) is 0 Å². The number of hydroxylamine groups is 3. The van der Waals surface area contributed by atoms with Gasteiger partial charge in [0.2, 0.25) is 17.7 Å². The molecule has 0 aromatic heterocycles. The van der Waals surface area contributed by atoms with Crippen molar-refractivity contribution in [3.63, 3.8) is 0 Å². The maximum absolute atomic E-state index is 11.8. The van der Waals surface area contributed by atoms with E-state index < -0.39 is 17.7 Å². The van der Waals surface area contributed by atoms with Crippen LogP contribution in [0.5, 0.6) is 0 Å². The van der Waals surface area contributed by atoms with Crippen molar-refractivity contribution in [1.29, 1.82) is 0 Å². The molecule has 0 aliphatic heterocycles. The summed E-state index contributed by atoms with van der Waals surface area (Å²) in [5, 5.41) is 36.3. The maximum Gasteiger partial charge on any atom is 3.00 e. The minimum absolute atomic E-state index is 0. The average Bonchev–Trinajstić information content (AvgIpc) is 3.18. The van der Waals surface area contributed by atoms with Crippen molar-refractivity contribution in [2.24, 2.45) is 0 Å². The van der Waals surface area contributed by atoms with Crippen LogP contribution in [0, 0.1) is 15.6 Å². The summed E-state index contributed by atoms with van der Waals surface area (Å²) >= 11 is 0. The van der Waals surface area contributed by atoms with Crippen molar-refractivity contribution in [2.75, 3.05) is 15.2 Å². The van der Waals surface area contributed by atoms with Crippen LogP contribution in [0.1, 0.15) is 31.1 Å². The topological polar surface area (TPSA) is 130 Å². The number of carbonyl (C=O) groups is 3. The molecule has 0 N–H and O–H groups in total. The molecule has 9 nitrogen and oxygen atoms in total. The van der Waals surface area contributed by atoms with E-state index in [4.69, 9.17) is 0 Å². The molecule has 6 aromatic rings. The summed E-state index contributed by atoms with van der Waals surface area (Å²) in [5.41, 5.74) is 2.20. The van der Waals surface area contributed by atoms with Gasteiger partial charge in [0.15, 0.2) is 0 Å². The number of amides is 3. The number of rotatable bonds is 6. The molecule has 6 rings (SSSR count). The predicted octanol–water partition coefficient (Wildman–Crippen LogP) is 8.49. The second-order valence-corrected chi connectivity index (χ2v) is 9.90. The van der Waals surface area contributed by atoms with Gasteiger partial charge in [0.05, 0.1) is 0 Å². The van der Waals surface area contributed by atoms with Gasteiger partial charge in [-0.3, -0.25) is 14.4 Å². The molecule has 0 saturated carbocycles. The number of nitrogens with zero attached hydrogens (tertiary/aromatic N) is 3. The molecule has 1 radical (unpaired) electrons. The summed E-state index contributed by atoms with van der Waals surface area (Å²) in [5.74, 6) is -1.65. The van der Waals surface area contributed by atoms with E-state index in [0.29, 0.717) is 48.9 Å². The summed E-state index contributed by atoms with van der Waals surface area (Å²) in [4.78, 5) is 35.3. The molecule has 0 aliphatic rings. The molecule has 0 saturated heterocycles. The fraction of sp³-hybridized carbons (Fsp3) is 0. The molecular formula is C39H30CrN3O6. The third-order valence-electron chi connectivity index (χ3n) is 6.59. The van der Waals surface area contributed by atoms with Crippen molar-refractivity contribution in [1.82, 2.24) is 0 Å². The van der Waals surface area contributed by atoms with E-state index in [1.807, 2.05) is 0 Å². The Labute approximate surface area is 295 Å². The molecular weight excluding hydrogens is 658 g/mol. The molecule has 0 atom stereocenters. The minimum atomic E-state index is -0.549. The number of hydrogen-bond acceptors (Lipinski definition) is 6. The zero-order valence-electron chi connectivity index (χ0n) is 26.0. The Bertz CT molecular complexity index is 1630. The maximum atomic E-state index is 11.8. The molecule has 0 fully saturated rings. The molecule has 3 amide bonds. The van der Waals surface area contributed by atoms with Crippen LogP contribution in [0.3, 0.4) is 0 Å². The fourth-order valence-corrected chi connectivity index (χ4v) is 4.14. The Balaban J connectivity index is 0.000000197. The third kappa shape index (κ3) is 11.1. The Hall–Kier alpha value is -5.86. The first kappa shape index (κ1) is 37.6. The predicted molar refractivity (Wildman–Crippen MR) is 189 cm³/mol. The van der Waals surface area contributed by atoms with E-state index in [0.717, 1.165) is 0 Å². The molecule has 0 bridgehead atoms. The Morgan fingerprint density at radius 2 is 0.469 bits per heavy atom. The molecule has 10 heteroatoms. The first-order chi connectivity index (χ1) is 23.4. The monoisotopic (exact) mass is 688 g/mol. The SMILES string of the molecule is O=C(c1ccccc1)N([O-])c1ccccc1.O=C(c1ccccc1)N([O-])c1ccccc1.O=C(c1ccccc1)N([O-])c1ccccc1.[Cr+3]. The van der Waals surface area contributed by atoms with Crippen LogP contribution >= 0.6 is 0 Å². The van der Waals surface area contributed by atoms with Crippen LogP contribution in [-0.4, -0.2) is 17.7 Å². The number of anilines is 3. The fourth-order valence-electron chi connectivity index (χ4n) is 4.14. The Kier molecular flexibility index (Phi) is 15.1. The summed E-state index contributed by atoms with van der Waals surface area (Å²) < 4.78 is 0. The Morgan fingerprint density at radius 3 is 0.653 bits per heavy atom. The van der Waals surface area contributed by atoms with Gasteiger partial charge in [-0.25, -0.2) is 0 Å². The average molecular weight is 689 g/mol. The van der Waals surface area contributed by atoms with Crippen LogP contribution in [0.2, 0.25) is 0 Å². The smallest absolute Gasteiger partial charge is 0.751 e. The van der Waals surface area contributed by atoms with E-state index >= 15 is 0 Å². The van der Waals surface area contributed by atoms with Crippen LogP contribution in [0.25, 0.3) is 0 Å². The second-order valence-electron chi connectivity index (χ2n) is 9.90. The summed E-state index contributed by atoms with van der Waals surface area (Å²) in [6.07, 6.45) is 0. The molecule has 6 aromatic carbocycles. The van der Waals surface area contributed by atoms with Gasteiger partial charge in [-0.2, -0.15) is 0 Å². The van der Waals surface area contributed by atoms with Crippen LogP contribution in [-0.2, 0) is 17.4 Å². The Morgan fingerprint density at radius 1 is 0.306 bits per heavy atom.